The van der Waals surface area contributed by atoms with E-state index in [2.05, 4.69) is 10.1 Å². The highest BCUT2D eigenvalue weighted by atomic mass is 16.4. The molecule has 0 aliphatic heterocycles. The van der Waals surface area contributed by atoms with Crippen LogP contribution in [0.1, 0.15) is 10.5 Å². The highest BCUT2D eigenvalue weighted by molar-refractivity contribution is 5.88. The Morgan fingerprint density at radius 1 is 1.21 bits per heavy atom. The summed E-state index contributed by atoms with van der Waals surface area (Å²) in [7, 11) is 0. The first-order chi connectivity index (χ1) is 8.97. The van der Waals surface area contributed by atoms with Gasteiger partial charge in [0, 0.05) is 12.1 Å². The average molecular weight is 261 g/mol. The van der Waals surface area contributed by atoms with Gasteiger partial charge in [0.2, 0.25) is 0 Å². The number of aromatic nitrogens is 3. The quantitative estimate of drug-likeness (QED) is 0.466. The fourth-order valence-corrected chi connectivity index (χ4v) is 1.84. The molecule has 2 heterocycles. The first-order valence-corrected chi connectivity index (χ1v) is 5.18. The Morgan fingerprint density at radius 3 is 2.58 bits per heavy atom. The standard InChI is InChI=1S/C11H7N3O5/c15-7-1-4-5(2-8(7)16)12-9-3-6(11(18)19)13-14(9)10(4)17/h1-3,12,15-16H,(H,18,19). The molecule has 3 rings (SSSR count). The summed E-state index contributed by atoms with van der Waals surface area (Å²) in [4.78, 5) is 25.7. The summed E-state index contributed by atoms with van der Waals surface area (Å²) < 4.78 is 0.891. The molecule has 0 saturated heterocycles. The fourth-order valence-electron chi connectivity index (χ4n) is 1.84. The van der Waals surface area contributed by atoms with Gasteiger partial charge in [-0.05, 0) is 6.07 Å². The normalized spacial score (nSPS) is 11.2. The van der Waals surface area contributed by atoms with Crippen molar-refractivity contribution in [2.45, 2.75) is 0 Å². The zero-order valence-electron chi connectivity index (χ0n) is 9.28. The number of hydrogen-bond donors (Lipinski definition) is 4. The van der Waals surface area contributed by atoms with Crippen LogP contribution in [-0.4, -0.2) is 35.9 Å². The number of phenolic OH excluding ortho intramolecular Hbond substituents is 2. The van der Waals surface area contributed by atoms with Crippen molar-refractivity contribution >= 4 is 22.5 Å². The SMILES string of the molecule is O=C(O)c1cc2[nH]c3cc(O)c(O)cc3c(=O)n2n1. The lowest BCUT2D eigenvalue weighted by molar-refractivity contribution is 0.0690. The molecule has 0 spiro atoms. The molecule has 19 heavy (non-hydrogen) atoms. The molecule has 4 N–H and O–H groups in total. The van der Waals surface area contributed by atoms with Crippen molar-refractivity contribution in [3.63, 3.8) is 0 Å². The highest BCUT2D eigenvalue weighted by Crippen LogP contribution is 2.27. The molecule has 0 amide bonds. The van der Waals surface area contributed by atoms with E-state index in [1.165, 1.54) is 12.1 Å². The van der Waals surface area contributed by atoms with E-state index >= 15 is 0 Å². The number of aromatic hydroxyl groups is 2. The minimum absolute atomic E-state index is 0.0860. The monoisotopic (exact) mass is 261 g/mol. The zero-order valence-corrected chi connectivity index (χ0v) is 9.28. The molecule has 0 aliphatic carbocycles. The summed E-state index contributed by atoms with van der Waals surface area (Å²) >= 11 is 0. The van der Waals surface area contributed by atoms with Crippen molar-refractivity contribution in [2.75, 3.05) is 0 Å². The van der Waals surface area contributed by atoms with Crippen molar-refractivity contribution in [3.05, 3.63) is 34.2 Å². The van der Waals surface area contributed by atoms with Gasteiger partial charge in [-0.3, -0.25) is 4.79 Å². The molecule has 0 bridgehead atoms. The topological polar surface area (TPSA) is 128 Å². The van der Waals surface area contributed by atoms with Crippen LogP contribution in [-0.2, 0) is 0 Å². The maximum absolute atomic E-state index is 12.1. The Hall–Kier alpha value is -3.03. The lowest BCUT2D eigenvalue weighted by atomic mass is 10.2. The summed E-state index contributed by atoms with van der Waals surface area (Å²) in [6.07, 6.45) is 0. The summed E-state index contributed by atoms with van der Waals surface area (Å²) in [5, 5.41) is 31.3. The predicted octanol–water partition coefficient (Wildman–Crippen LogP) is 0.285. The molecule has 0 atom stereocenters. The van der Waals surface area contributed by atoms with Crippen molar-refractivity contribution in [2.24, 2.45) is 0 Å². The molecular weight excluding hydrogens is 254 g/mol. The van der Waals surface area contributed by atoms with E-state index in [4.69, 9.17) is 5.11 Å². The number of carboxylic acids is 1. The zero-order chi connectivity index (χ0) is 13.7. The number of carbonyl (C=O) groups is 1. The Kier molecular flexibility index (Phi) is 2.03. The Morgan fingerprint density at radius 2 is 1.89 bits per heavy atom. The van der Waals surface area contributed by atoms with E-state index in [1.54, 1.807) is 0 Å². The van der Waals surface area contributed by atoms with Gasteiger partial charge >= 0.3 is 5.97 Å². The number of nitrogens with one attached hydrogen (secondary N) is 1. The number of fused-ring (bicyclic) bond motifs is 2. The van der Waals surface area contributed by atoms with Crippen molar-refractivity contribution < 1.29 is 20.1 Å². The van der Waals surface area contributed by atoms with Crippen LogP contribution in [0.3, 0.4) is 0 Å². The lowest BCUT2D eigenvalue weighted by Gasteiger charge is -2.02. The molecule has 0 radical (unpaired) electrons. The minimum atomic E-state index is -1.26. The van der Waals surface area contributed by atoms with E-state index in [1.807, 2.05) is 0 Å². The molecular formula is C11H7N3O5. The highest BCUT2D eigenvalue weighted by Gasteiger charge is 2.14. The van der Waals surface area contributed by atoms with Crippen LogP contribution in [0, 0.1) is 0 Å². The summed E-state index contributed by atoms with van der Waals surface area (Å²) in [5.74, 6) is -2.08. The van der Waals surface area contributed by atoms with E-state index in [-0.39, 0.29) is 28.0 Å². The third-order valence-corrected chi connectivity index (χ3v) is 2.73. The van der Waals surface area contributed by atoms with Gasteiger partial charge in [0.25, 0.3) is 5.56 Å². The number of hydrogen-bond acceptors (Lipinski definition) is 5. The summed E-state index contributed by atoms with van der Waals surface area (Å²) in [5.41, 5.74) is -0.423. The first kappa shape index (κ1) is 11.1. The van der Waals surface area contributed by atoms with Crippen LogP contribution in [0.5, 0.6) is 11.5 Å². The van der Waals surface area contributed by atoms with E-state index in [9.17, 15) is 19.8 Å². The number of aromatic carboxylic acids is 1. The molecule has 8 heteroatoms. The maximum Gasteiger partial charge on any atom is 0.356 e. The maximum atomic E-state index is 12.1. The number of benzene rings is 1. The second-order valence-corrected chi connectivity index (χ2v) is 3.95. The molecule has 8 nitrogen and oxygen atoms in total. The second kappa shape index (κ2) is 3.48. The van der Waals surface area contributed by atoms with Crippen LogP contribution in [0.15, 0.2) is 23.0 Å². The number of nitrogens with zero attached hydrogens (tertiary/aromatic N) is 2. The largest absolute Gasteiger partial charge is 0.504 e. The minimum Gasteiger partial charge on any atom is -0.504 e. The van der Waals surface area contributed by atoms with E-state index in [0.717, 1.165) is 10.6 Å². The molecule has 1 aromatic carbocycles. The first-order valence-electron chi connectivity index (χ1n) is 5.18. The third kappa shape index (κ3) is 1.50. The van der Waals surface area contributed by atoms with Crippen LogP contribution >= 0.6 is 0 Å². The van der Waals surface area contributed by atoms with Gasteiger partial charge in [-0.2, -0.15) is 9.61 Å². The van der Waals surface area contributed by atoms with Gasteiger partial charge in [0.1, 0.15) is 5.65 Å². The van der Waals surface area contributed by atoms with Gasteiger partial charge in [-0.15, -0.1) is 0 Å². The van der Waals surface area contributed by atoms with Crippen molar-refractivity contribution in [1.82, 2.24) is 14.6 Å². The van der Waals surface area contributed by atoms with Gasteiger partial charge in [-0.1, -0.05) is 0 Å². The Labute approximate surface area is 104 Å². The summed E-state index contributed by atoms with van der Waals surface area (Å²) in [6, 6.07) is 3.47. The van der Waals surface area contributed by atoms with Gasteiger partial charge in [0.05, 0.1) is 10.9 Å². The average Bonchev–Trinajstić information content (AvgIpc) is 2.76. The van der Waals surface area contributed by atoms with Crippen LogP contribution in [0.2, 0.25) is 0 Å². The smallest absolute Gasteiger partial charge is 0.356 e. The number of phenols is 2. The van der Waals surface area contributed by atoms with Gasteiger partial charge < -0.3 is 20.3 Å². The van der Waals surface area contributed by atoms with E-state index < -0.39 is 17.3 Å². The molecule has 0 saturated carbocycles. The van der Waals surface area contributed by atoms with Crippen molar-refractivity contribution in [3.8, 4) is 11.5 Å². The number of rotatable bonds is 1. The molecule has 96 valence electrons. The van der Waals surface area contributed by atoms with Crippen LogP contribution in [0.4, 0.5) is 0 Å². The molecule has 2 aromatic heterocycles. The Bertz CT molecular complexity index is 893. The van der Waals surface area contributed by atoms with Crippen molar-refractivity contribution in [1.29, 1.82) is 0 Å². The van der Waals surface area contributed by atoms with Gasteiger partial charge in [0.15, 0.2) is 17.2 Å². The molecule has 0 unspecified atom stereocenters. The molecule has 0 aliphatic rings. The molecule has 0 fully saturated rings. The van der Waals surface area contributed by atoms with Gasteiger partial charge in [-0.25, -0.2) is 4.79 Å². The molecule has 3 aromatic rings. The summed E-state index contributed by atoms with van der Waals surface area (Å²) in [6.45, 7) is 0. The number of H-pyrrole nitrogens is 1. The lowest BCUT2D eigenvalue weighted by Crippen LogP contribution is -2.15. The third-order valence-electron chi connectivity index (χ3n) is 2.73. The second-order valence-electron chi connectivity index (χ2n) is 3.95. The van der Waals surface area contributed by atoms with Crippen LogP contribution in [0.25, 0.3) is 16.6 Å². The Balaban J connectivity index is 2.49. The van der Waals surface area contributed by atoms with E-state index in [0.29, 0.717) is 0 Å². The predicted molar refractivity (Wildman–Crippen MR) is 63.6 cm³/mol. The van der Waals surface area contributed by atoms with Crippen LogP contribution < -0.4 is 5.56 Å². The number of aromatic amines is 1. The number of carboxylic acid groups (broad SMARTS) is 1. The fraction of sp³-hybridized carbons (Fsp3) is 0.